The largest absolute Gasteiger partial charge is 0.409 e. The summed E-state index contributed by atoms with van der Waals surface area (Å²) < 4.78 is 34.1. The number of oxime groups is 1. The van der Waals surface area contributed by atoms with Crippen molar-refractivity contribution in [2.24, 2.45) is 10.9 Å². The Morgan fingerprint density at radius 3 is 2.75 bits per heavy atom. The standard InChI is InChI=1S/C12H18N2O5S/c1-18-5-6-19-7-8-20(16,17)11-4-2-3-10(9-11)12(13)14-15/h2-4,9,15H,5-8H2,1H3,(H2,13,14). The fourth-order valence-electron chi connectivity index (χ4n) is 1.44. The maximum atomic E-state index is 12.1. The maximum absolute atomic E-state index is 12.1. The first-order valence-corrected chi connectivity index (χ1v) is 7.54. The van der Waals surface area contributed by atoms with Crippen LogP contribution >= 0.6 is 0 Å². The van der Waals surface area contributed by atoms with Crippen LogP contribution < -0.4 is 5.73 Å². The number of nitrogens with zero attached hydrogens (tertiary/aromatic N) is 1. The van der Waals surface area contributed by atoms with Gasteiger partial charge >= 0.3 is 0 Å². The second kappa shape index (κ2) is 7.83. The van der Waals surface area contributed by atoms with E-state index in [1.807, 2.05) is 0 Å². The molecule has 1 aromatic rings. The van der Waals surface area contributed by atoms with E-state index in [0.717, 1.165) is 0 Å². The number of rotatable bonds is 8. The second-order valence-corrected chi connectivity index (χ2v) is 6.05. The topological polar surface area (TPSA) is 111 Å². The van der Waals surface area contributed by atoms with Crippen molar-refractivity contribution in [3.63, 3.8) is 0 Å². The van der Waals surface area contributed by atoms with E-state index in [1.54, 1.807) is 13.2 Å². The maximum Gasteiger partial charge on any atom is 0.180 e. The van der Waals surface area contributed by atoms with Crippen molar-refractivity contribution < 1.29 is 23.1 Å². The van der Waals surface area contributed by atoms with Gasteiger partial charge < -0.3 is 20.4 Å². The van der Waals surface area contributed by atoms with Crippen LogP contribution in [0.1, 0.15) is 5.56 Å². The molecule has 20 heavy (non-hydrogen) atoms. The lowest BCUT2D eigenvalue weighted by Gasteiger charge is -2.07. The lowest BCUT2D eigenvalue weighted by atomic mass is 10.2. The minimum absolute atomic E-state index is 0.0828. The fraction of sp³-hybridized carbons (Fsp3) is 0.417. The van der Waals surface area contributed by atoms with E-state index in [9.17, 15) is 8.42 Å². The van der Waals surface area contributed by atoms with Crippen molar-refractivity contribution in [3.8, 4) is 0 Å². The first-order valence-electron chi connectivity index (χ1n) is 5.88. The summed E-state index contributed by atoms with van der Waals surface area (Å²) in [5, 5.41) is 11.4. The minimum atomic E-state index is -3.47. The second-order valence-electron chi connectivity index (χ2n) is 3.94. The van der Waals surface area contributed by atoms with Gasteiger partial charge in [0.1, 0.15) is 0 Å². The molecule has 3 N–H and O–H groups in total. The number of hydrogen-bond acceptors (Lipinski definition) is 6. The number of benzene rings is 1. The van der Waals surface area contributed by atoms with Gasteiger partial charge in [0.2, 0.25) is 0 Å². The van der Waals surface area contributed by atoms with Gasteiger partial charge in [0.05, 0.1) is 30.5 Å². The van der Waals surface area contributed by atoms with Crippen LogP contribution in [0.4, 0.5) is 0 Å². The third-order valence-electron chi connectivity index (χ3n) is 2.52. The van der Waals surface area contributed by atoms with Crippen LogP contribution in [0.3, 0.4) is 0 Å². The highest BCUT2D eigenvalue weighted by atomic mass is 32.2. The van der Waals surface area contributed by atoms with E-state index in [-0.39, 0.29) is 23.1 Å². The molecule has 8 heteroatoms. The molecule has 0 saturated heterocycles. The molecule has 0 aliphatic carbocycles. The van der Waals surface area contributed by atoms with Crippen molar-refractivity contribution >= 4 is 15.7 Å². The van der Waals surface area contributed by atoms with Gasteiger partial charge in [-0.3, -0.25) is 0 Å². The molecule has 112 valence electrons. The van der Waals surface area contributed by atoms with Crippen LogP contribution in [0.15, 0.2) is 34.3 Å². The summed E-state index contributed by atoms with van der Waals surface area (Å²) in [5.74, 6) is -0.283. The third kappa shape index (κ3) is 4.80. The van der Waals surface area contributed by atoms with Crippen molar-refractivity contribution in [2.45, 2.75) is 4.90 Å². The number of amidine groups is 1. The molecule has 0 atom stereocenters. The van der Waals surface area contributed by atoms with Crippen LogP contribution in [0, 0.1) is 0 Å². The normalized spacial score (nSPS) is 12.6. The van der Waals surface area contributed by atoms with Gasteiger partial charge in [0.25, 0.3) is 0 Å². The number of hydrogen-bond donors (Lipinski definition) is 2. The Labute approximate surface area is 117 Å². The molecule has 0 spiro atoms. The van der Waals surface area contributed by atoms with E-state index in [2.05, 4.69) is 5.16 Å². The SMILES string of the molecule is COCCOCCS(=O)(=O)c1cccc(/C(N)=N/O)c1. The molecule has 0 aliphatic heterocycles. The zero-order chi connectivity index (χ0) is 15.0. The molecule has 7 nitrogen and oxygen atoms in total. The smallest absolute Gasteiger partial charge is 0.180 e. The van der Waals surface area contributed by atoms with E-state index in [0.29, 0.717) is 18.8 Å². The monoisotopic (exact) mass is 302 g/mol. The average Bonchev–Trinajstić information content (AvgIpc) is 2.46. The molecular formula is C12H18N2O5S. The number of sulfone groups is 1. The molecule has 0 saturated carbocycles. The summed E-state index contributed by atoms with van der Waals surface area (Å²) in [4.78, 5) is 0.108. The van der Waals surface area contributed by atoms with E-state index in [4.69, 9.17) is 20.4 Å². The molecule has 0 amide bonds. The Kier molecular flexibility index (Phi) is 6.43. The van der Waals surface area contributed by atoms with Gasteiger partial charge in [-0.05, 0) is 12.1 Å². The molecule has 1 aromatic carbocycles. The molecule has 0 heterocycles. The Morgan fingerprint density at radius 2 is 2.10 bits per heavy atom. The van der Waals surface area contributed by atoms with Gasteiger partial charge in [0.15, 0.2) is 15.7 Å². The highest BCUT2D eigenvalue weighted by molar-refractivity contribution is 7.91. The van der Waals surface area contributed by atoms with Crippen molar-refractivity contribution in [1.82, 2.24) is 0 Å². The van der Waals surface area contributed by atoms with E-state index >= 15 is 0 Å². The average molecular weight is 302 g/mol. The molecule has 0 bridgehead atoms. The van der Waals surface area contributed by atoms with Crippen LogP contribution in [-0.2, 0) is 19.3 Å². The Morgan fingerprint density at radius 1 is 1.35 bits per heavy atom. The molecular weight excluding hydrogens is 284 g/mol. The van der Waals surface area contributed by atoms with E-state index in [1.165, 1.54) is 18.2 Å². The van der Waals surface area contributed by atoms with Crippen LogP contribution in [-0.4, -0.2) is 52.1 Å². The number of ether oxygens (including phenoxy) is 2. The molecule has 0 aromatic heterocycles. The van der Waals surface area contributed by atoms with Crippen molar-refractivity contribution in [2.75, 3.05) is 32.7 Å². The minimum Gasteiger partial charge on any atom is -0.409 e. The molecule has 1 rings (SSSR count). The molecule has 0 radical (unpaired) electrons. The summed E-state index contributed by atoms with van der Waals surface area (Å²) in [7, 11) is -1.93. The first-order chi connectivity index (χ1) is 9.51. The van der Waals surface area contributed by atoms with Gasteiger partial charge in [0, 0.05) is 12.7 Å². The predicted molar refractivity (Wildman–Crippen MR) is 73.7 cm³/mol. The summed E-state index contributed by atoms with van der Waals surface area (Å²) in [6, 6.07) is 5.91. The Bertz CT molecular complexity index is 557. The van der Waals surface area contributed by atoms with E-state index < -0.39 is 9.84 Å². The van der Waals surface area contributed by atoms with Gasteiger partial charge in [-0.2, -0.15) is 0 Å². The Balaban J connectivity index is 2.72. The molecule has 0 unspecified atom stereocenters. The predicted octanol–water partition coefficient (Wildman–Crippen LogP) is 0.218. The number of methoxy groups -OCH3 is 1. The fourth-order valence-corrected chi connectivity index (χ4v) is 2.60. The van der Waals surface area contributed by atoms with Crippen LogP contribution in [0.2, 0.25) is 0 Å². The van der Waals surface area contributed by atoms with Crippen molar-refractivity contribution in [3.05, 3.63) is 29.8 Å². The van der Waals surface area contributed by atoms with Crippen LogP contribution in [0.5, 0.6) is 0 Å². The summed E-state index contributed by atoms with van der Waals surface area (Å²) in [6.45, 7) is 0.842. The molecule has 0 fully saturated rings. The lowest BCUT2D eigenvalue weighted by molar-refractivity contribution is 0.0785. The quantitative estimate of drug-likeness (QED) is 0.233. The summed E-state index contributed by atoms with van der Waals surface area (Å²) in [5.41, 5.74) is 5.77. The first kappa shape index (κ1) is 16.4. The molecule has 0 aliphatic rings. The van der Waals surface area contributed by atoms with Crippen molar-refractivity contribution in [1.29, 1.82) is 0 Å². The lowest BCUT2D eigenvalue weighted by Crippen LogP contribution is -2.16. The summed E-state index contributed by atoms with van der Waals surface area (Å²) >= 11 is 0. The Hall–Kier alpha value is -1.64. The van der Waals surface area contributed by atoms with Gasteiger partial charge in [-0.25, -0.2) is 8.42 Å². The van der Waals surface area contributed by atoms with Crippen LogP contribution in [0.25, 0.3) is 0 Å². The summed E-state index contributed by atoms with van der Waals surface area (Å²) in [6.07, 6.45) is 0. The highest BCUT2D eigenvalue weighted by Crippen LogP contribution is 2.13. The number of nitrogens with two attached hydrogens (primary N) is 1. The zero-order valence-corrected chi connectivity index (χ0v) is 12.0. The zero-order valence-electron chi connectivity index (χ0n) is 11.2. The van der Waals surface area contributed by atoms with Gasteiger partial charge in [-0.15, -0.1) is 0 Å². The van der Waals surface area contributed by atoms with Gasteiger partial charge in [-0.1, -0.05) is 17.3 Å². The highest BCUT2D eigenvalue weighted by Gasteiger charge is 2.15. The third-order valence-corrected chi connectivity index (χ3v) is 4.20.